The maximum Gasteiger partial charge on any atom is 0.251 e. The first-order valence-corrected chi connectivity index (χ1v) is 11.0. The Bertz CT molecular complexity index is 1260. The Hall–Kier alpha value is -3.52. The third kappa shape index (κ3) is 4.40. The quantitative estimate of drug-likeness (QED) is 0.521. The molecule has 4 heterocycles. The predicted octanol–water partition coefficient (Wildman–Crippen LogP) is 2.90. The van der Waals surface area contributed by atoms with Gasteiger partial charge >= 0.3 is 0 Å². The highest BCUT2D eigenvalue weighted by Crippen LogP contribution is 2.20. The van der Waals surface area contributed by atoms with Crippen molar-refractivity contribution in [1.82, 2.24) is 25.0 Å². The molecule has 8 nitrogen and oxygen atoms in total. The molecule has 0 aliphatic carbocycles. The van der Waals surface area contributed by atoms with E-state index in [0.717, 1.165) is 54.9 Å². The molecule has 1 N–H and O–H groups in total. The van der Waals surface area contributed by atoms with Crippen molar-refractivity contribution in [3.63, 3.8) is 0 Å². The Labute approximate surface area is 185 Å². The molecule has 1 saturated heterocycles. The SMILES string of the molecule is CN1CCCN(c2ccc(-c3noc(CCc4cc5ccccc5[nH]c4=O)n3)cn2)CC1. The van der Waals surface area contributed by atoms with Crippen LogP contribution in [0.1, 0.15) is 17.9 Å². The molecule has 0 spiro atoms. The summed E-state index contributed by atoms with van der Waals surface area (Å²) < 4.78 is 5.43. The first-order chi connectivity index (χ1) is 15.7. The molecule has 1 aliphatic heterocycles. The lowest BCUT2D eigenvalue weighted by atomic mass is 10.1. The smallest absolute Gasteiger partial charge is 0.251 e. The van der Waals surface area contributed by atoms with Crippen LogP contribution in [0.15, 0.2) is 58.0 Å². The fraction of sp³-hybridized carbons (Fsp3) is 0.333. The molecule has 0 unspecified atom stereocenters. The maximum absolute atomic E-state index is 12.3. The van der Waals surface area contributed by atoms with Gasteiger partial charge in [0.2, 0.25) is 11.7 Å². The molecule has 1 fully saturated rings. The predicted molar refractivity (Wildman–Crippen MR) is 124 cm³/mol. The summed E-state index contributed by atoms with van der Waals surface area (Å²) in [5.41, 5.74) is 2.28. The van der Waals surface area contributed by atoms with Gasteiger partial charge in [0.1, 0.15) is 5.82 Å². The minimum absolute atomic E-state index is 0.0806. The Balaban J connectivity index is 1.26. The van der Waals surface area contributed by atoms with Crippen molar-refractivity contribution in [2.45, 2.75) is 19.3 Å². The number of H-pyrrole nitrogens is 1. The summed E-state index contributed by atoms with van der Waals surface area (Å²) in [4.78, 5) is 29.1. The first kappa shape index (κ1) is 20.4. The molecule has 32 heavy (non-hydrogen) atoms. The molecular weight excluding hydrogens is 404 g/mol. The van der Waals surface area contributed by atoms with Gasteiger partial charge in [0.05, 0.1) is 0 Å². The molecule has 164 valence electrons. The minimum atomic E-state index is -0.0806. The number of aromatic nitrogens is 4. The highest BCUT2D eigenvalue weighted by atomic mass is 16.5. The Morgan fingerprint density at radius 1 is 1.06 bits per heavy atom. The van der Waals surface area contributed by atoms with Crippen LogP contribution in [0.5, 0.6) is 0 Å². The van der Waals surface area contributed by atoms with Crippen LogP contribution >= 0.6 is 0 Å². The topological polar surface area (TPSA) is 91.2 Å². The van der Waals surface area contributed by atoms with Gasteiger partial charge in [0, 0.05) is 48.9 Å². The highest BCUT2D eigenvalue weighted by Gasteiger charge is 2.15. The van der Waals surface area contributed by atoms with E-state index in [4.69, 9.17) is 4.52 Å². The molecule has 5 rings (SSSR count). The van der Waals surface area contributed by atoms with Crippen LogP contribution in [0.3, 0.4) is 0 Å². The van der Waals surface area contributed by atoms with E-state index < -0.39 is 0 Å². The second-order valence-electron chi connectivity index (χ2n) is 8.27. The Morgan fingerprint density at radius 2 is 1.97 bits per heavy atom. The molecule has 1 aromatic carbocycles. The van der Waals surface area contributed by atoms with E-state index in [1.54, 1.807) is 6.20 Å². The van der Waals surface area contributed by atoms with Crippen molar-refractivity contribution in [3.8, 4) is 11.4 Å². The minimum Gasteiger partial charge on any atom is -0.355 e. The summed E-state index contributed by atoms with van der Waals surface area (Å²) in [6.45, 7) is 4.14. The van der Waals surface area contributed by atoms with Crippen LogP contribution < -0.4 is 10.5 Å². The van der Waals surface area contributed by atoms with Gasteiger partial charge in [-0.25, -0.2) is 4.98 Å². The second kappa shape index (κ2) is 8.92. The standard InChI is InChI=1S/C24H26N6O2/c1-29-11-4-12-30(14-13-29)21-9-7-19(16-25-21)23-27-22(32-28-23)10-8-18-15-17-5-2-3-6-20(17)26-24(18)31/h2-3,5-7,9,15-16H,4,8,10-14H2,1H3,(H,26,31). The van der Waals surface area contributed by atoms with Gasteiger partial charge in [-0.3, -0.25) is 4.79 Å². The number of hydrogen-bond acceptors (Lipinski definition) is 7. The summed E-state index contributed by atoms with van der Waals surface area (Å²) in [7, 11) is 2.16. The van der Waals surface area contributed by atoms with Gasteiger partial charge in [0.15, 0.2) is 0 Å². The van der Waals surface area contributed by atoms with Crippen molar-refractivity contribution < 1.29 is 4.52 Å². The molecule has 1 aliphatic rings. The van der Waals surface area contributed by atoms with Crippen LogP contribution in [0, 0.1) is 0 Å². The number of aromatic amines is 1. The van der Waals surface area contributed by atoms with E-state index in [-0.39, 0.29) is 5.56 Å². The zero-order valence-corrected chi connectivity index (χ0v) is 18.1. The number of nitrogens with one attached hydrogen (secondary N) is 1. The van der Waals surface area contributed by atoms with Crippen LogP contribution in [0.4, 0.5) is 5.82 Å². The van der Waals surface area contributed by atoms with Gasteiger partial charge in [-0.2, -0.15) is 4.98 Å². The largest absolute Gasteiger partial charge is 0.355 e. The van der Waals surface area contributed by atoms with Crippen molar-refractivity contribution in [1.29, 1.82) is 0 Å². The van der Waals surface area contributed by atoms with E-state index in [0.29, 0.717) is 30.1 Å². The number of anilines is 1. The molecular formula is C24H26N6O2. The number of fused-ring (bicyclic) bond motifs is 1. The number of para-hydroxylation sites is 1. The zero-order valence-electron chi connectivity index (χ0n) is 18.1. The van der Waals surface area contributed by atoms with Crippen molar-refractivity contribution in [2.24, 2.45) is 0 Å². The molecule has 3 aromatic heterocycles. The van der Waals surface area contributed by atoms with Crippen LogP contribution in [0.2, 0.25) is 0 Å². The number of likely N-dealkylation sites (N-methyl/N-ethyl adjacent to an activating group) is 1. The molecule has 8 heteroatoms. The number of hydrogen-bond donors (Lipinski definition) is 1. The van der Waals surface area contributed by atoms with E-state index in [2.05, 4.69) is 37.0 Å². The third-order valence-electron chi connectivity index (χ3n) is 5.96. The monoisotopic (exact) mass is 430 g/mol. The number of benzene rings is 1. The first-order valence-electron chi connectivity index (χ1n) is 11.0. The van der Waals surface area contributed by atoms with Crippen LogP contribution in [0.25, 0.3) is 22.3 Å². The fourth-order valence-corrected chi connectivity index (χ4v) is 4.07. The Kier molecular flexibility index (Phi) is 5.68. The number of aryl methyl sites for hydroxylation is 2. The van der Waals surface area contributed by atoms with Crippen molar-refractivity contribution >= 4 is 16.7 Å². The average Bonchev–Trinajstić information content (AvgIpc) is 3.18. The third-order valence-corrected chi connectivity index (χ3v) is 5.96. The van der Waals surface area contributed by atoms with Crippen LogP contribution in [-0.2, 0) is 12.8 Å². The number of nitrogens with zero attached hydrogens (tertiary/aromatic N) is 5. The van der Waals surface area contributed by atoms with E-state index in [9.17, 15) is 4.79 Å². The molecule has 0 atom stereocenters. The molecule has 0 radical (unpaired) electrons. The summed E-state index contributed by atoms with van der Waals surface area (Å²) in [5.74, 6) is 2.00. The van der Waals surface area contributed by atoms with Gasteiger partial charge in [0.25, 0.3) is 5.56 Å². The molecule has 4 aromatic rings. The summed E-state index contributed by atoms with van der Waals surface area (Å²) >= 11 is 0. The summed E-state index contributed by atoms with van der Waals surface area (Å²) in [6, 6.07) is 13.7. The second-order valence-corrected chi connectivity index (χ2v) is 8.27. The van der Waals surface area contributed by atoms with Crippen molar-refractivity contribution in [3.05, 3.63) is 70.5 Å². The number of rotatable bonds is 5. The van der Waals surface area contributed by atoms with Crippen LogP contribution in [-0.4, -0.2) is 58.2 Å². The number of pyridine rings is 2. The van der Waals surface area contributed by atoms with Gasteiger partial charge in [-0.05, 0) is 56.1 Å². The van der Waals surface area contributed by atoms with E-state index in [1.807, 2.05) is 42.5 Å². The molecule has 0 saturated carbocycles. The Morgan fingerprint density at radius 3 is 2.84 bits per heavy atom. The summed E-state index contributed by atoms with van der Waals surface area (Å²) in [6.07, 6.45) is 3.96. The van der Waals surface area contributed by atoms with Gasteiger partial charge < -0.3 is 19.3 Å². The summed E-state index contributed by atoms with van der Waals surface area (Å²) in [5, 5.41) is 5.12. The molecule has 0 amide bonds. The maximum atomic E-state index is 12.3. The fourth-order valence-electron chi connectivity index (χ4n) is 4.07. The lowest BCUT2D eigenvalue weighted by Gasteiger charge is -2.21. The zero-order chi connectivity index (χ0) is 21.9. The van der Waals surface area contributed by atoms with E-state index >= 15 is 0 Å². The van der Waals surface area contributed by atoms with Gasteiger partial charge in [-0.1, -0.05) is 23.4 Å². The lowest BCUT2D eigenvalue weighted by molar-refractivity contribution is 0.360. The normalized spacial score (nSPS) is 15.2. The van der Waals surface area contributed by atoms with E-state index in [1.165, 1.54) is 0 Å². The lowest BCUT2D eigenvalue weighted by Crippen LogP contribution is -2.29. The van der Waals surface area contributed by atoms with Crippen molar-refractivity contribution in [2.75, 3.05) is 38.1 Å². The molecule has 0 bridgehead atoms. The average molecular weight is 431 g/mol. The van der Waals surface area contributed by atoms with Gasteiger partial charge in [-0.15, -0.1) is 0 Å². The highest BCUT2D eigenvalue weighted by molar-refractivity contribution is 5.78.